The van der Waals surface area contributed by atoms with E-state index >= 15 is 0 Å². The summed E-state index contributed by atoms with van der Waals surface area (Å²) in [5.74, 6) is 0.597. The Morgan fingerprint density at radius 2 is 2.12 bits per heavy atom. The van der Waals surface area contributed by atoms with Gasteiger partial charge in [-0.25, -0.2) is 0 Å². The van der Waals surface area contributed by atoms with Crippen LogP contribution in [0.2, 0.25) is 0 Å². The minimum absolute atomic E-state index is 0.0444. The Morgan fingerprint density at radius 3 is 2.75 bits per heavy atom. The predicted octanol–water partition coefficient (Wildman–Crippen LogP) is 1.07. The molecule has 1 saturated heterocycles. The van der Waals surface area contributed by atoms with Gasteiger partial charge in [0.2, 0.25) is 0 Å². The Hall–Kier alpha value is -1.36. The molecule has 0 spiro atoms. The van der Waals surface area contributed by atoms with Crippen LogP contribution in [-0.4, -0.2) is 29.1 Å². The molecule has 5 heteroatoms. The zero-order chi connectivity index (χ0) is 11.5. The van der Waals surface area contributed by atoms with Gasteiger partial charge in [0.1, 0.15) is 5.76 Å². The third kappa shape index (κ3) is 1.95. The fraction of sp³-hybridized carbons (Fsp3) is 0.636. The summed E-state index contributed by atoms with van der Waals surface area (Å²) in [6.07, 6.45) is 3.34. The highest BCUT2D eigenvalue weighted by atomic mass is 16.5. The van der Waals surface area contributed by atoms with Gasteiger partial charge in [0.05, 0.1) is 0 Å². The van der Waals surface area contributed by atoms with Gasteiger partial charge in [-0.1, -0.05) is 5.16 Å². The van der Waals surface area contributed by atoms with E-state index in [4.69, 9.17) is 10.3 Å². The molecule has 16 heavy (non-hydrogen) atoms. The van der Waals surface area contributed by atoms with Gasteiger partial charge in [0.25, 0.3) is 5.91 Å². The largest absolute Gasteiger partial charge is 0.361 e. The van der Waals surface area contributed by atoms with Crippen molar-refractivity contribution >= 4 is 5.91 Å². The minimum Gasteiger partial charge on any atom is -0.361 e. The van der Waals surface area contributed by atoms with Gasteiger partial charge in [-0.05, 0) is 26.2 Å². The lowest BCUT2D eigenvalue weighted by atomic mass is 10.1. The van der Waals surface area contributed by atoms with E-state index in [-0.39, 0.29) is 5.91 Å². The molecule has 2 heterocycles. The van der Waals surface area contributed by atoms with Crippen molar-refractivity contribution < 1.29 is 9.32 Å². The molecule has 1 aliphatic heterocycles. The van der Waals surface area contributed by atoms with Gasteiger partial charge < -0.3 is 15.2 Å². The lowest BCUT2D eigenvalue weighted by molar-refractivity contribution is 0.0713. The summed E-state index contributed by atoms with van der Waals surface area (Å²) < 4.78 is 5.02. The number of likely N-dealkylation sites (tertiary alicyclic amines) is 1. The number of carbonyl (C=O) groups is 1. The van der Waals surface area contributed by atoms with E-state index in [1.807, 2.05) is 4.90 Å². The average Bonchev–Trinajstić information content (AvgIpc) is 2.70. The van der Waals surface area contributed by atoms with Crippen LogP contribution in [0.4, 0.5) is 0 Å². The van der Waals surface area contributed by atoms with Gasteiger partial charge in [-0.15, -0.1) is 0 Å². The van der Waals surface area contributed by atoms with E-state index < -0.39 is 0 Å². The fourth-order valence-electron chi connectivity index (χ4n) is 2.05. The van der Waals surface area contributed by atoms with E-state index in [1.54, 1.807) is 6.92 Å². The van der Waals surface area contributed by atoms with Gasteiger partial charge in [0.15, 0.2) is 5.69 Å². The number of nitrogens with two attached hydrogens (primary N) is 1. The number of rotatable bonds is 2. The first-order valence-corrected chi connectivity index (χ1v) is 5.68. The van der Waals surface area contributed by atoms with Crippen molar-refractivity contribution in [1.82, 2.24) is 10.1 Å². The van der Waals surface area contributed by atoms with Crippen LogP contribution in [0, 0.1) is 6.92 Å². The first-order chi connectivity index (χ1) is 7.74. The summed E-state index contributed by atoms with van der Waals surface area (Å²) in [5.41, 5.74) is 6.72. The topological polar surface area (TPSA) is 72.4 Å². The first-order valence-electron chi connectivity index (χ1n) is 5.68. The Morgan fingerprint density at radius 1 is 1.44 bits per heavy atom. The smallest absolute Gasteiger partial charge is 0.276 e. The van der Waals surface area contributed by atoms with Crippen LogP contribution in [0.25, 0.3) is 0 Å². The third-order valence-corrected chi connectivity index (χ3v) is 3.03. The lowest BCUT2D eigenvalue weighted by Crippen LogP contribution is -2.36. The highest BCUT2D eigenvalue weighted by molar-refractivity contribution is 5.93. The van der Waals surface area contributed by atoms with Gasteiger partial charge in [-0.3, -0.25) is 4.79 Å². The molecule has 1 aliphatic rings. The van der Waals surface area contributed by atoms with Crippen molar-refractivity contribution in [3.8, 4) is 0 Å². The maximum absolute atomic E-state index is 12.1. The Kier molecular flexibility index (Phi) is 3.24. The van der Waals surface area contributed by atoms with Crippen LogP contribution in [0.3, 0.4) is 0 Å². The molecule has 1 aromatic heterocycles. The van der Waals surface area contributed by atoms with Crippen molar-refractivity contribution in [2.24, 2.45) is 5.73 Å². The fourth-order valence-corrected chi connectivity index (χ4v) is 2.05. The monoisotopic (exact) mass is 223 g/mol. The molecule has 0 aromatic carbocycles. The van der Waals surface area contributed by atoms with E-state index in [1.165, 1.54) is 6.42 Å². The average molecular weight is 223 g/mol. The number of nitrogens with zero attached hydrogens (tertiary/aromatic N) is 2. The van der Waals surface area contributed by atoms with Crippen LogP contribution in [-0.2, 0) is 6.54 Å². The number of carbonyl (C=O) groups excluding carboxylic acids is 1. The van der Waals surface area contributed by atoms with Gasteiger partial charge in [0, 0.05) is 25.2 Å². The first kappa shape index (κ1) is 11.1. The predicted molar refractivity (Wildman–Crippen MR) is 58.9 cm³/mol. The van der Waals surface area contributed by atoms with Crippen molar-refractivity contribution in [2.75, 3.05) is 13.1 Å². The number of aromatic nitrogens is 1. The van der Waals surface area contributed by atoms with Crippen molar-refractivity contribution in [1.29, 1.82) is 0 Å². The van der Waals surface area contributed by atoms with Crippen LogP contribution < -0.4 is 5.73 Å². The highest BCUT2D eigenvalue weighted by Gasteiger charge is 2.24. The molecule has 0 bridgehead atoms. The number of aryl methyl sites for hydroxylation is 1. The minimum atomic E-state index is -0.0444. The SMILES string of the molecule is Cc1onc(C(=O)N2CCCCC2)c1CN. The molecule has 0 aliphatic carbocycles. The van der Waals surface area contributed by atoms with Gasteiger partial charge >= 0.3 is 0 Å². The van der Waals surface area contributed by atoms with Gasteiger partial charge in [-0.2, -0.15) is 0 Å². The van der Waals surface area contributed by atoms with E-state index in [2.05, 4.69) is 5.16 Å². The maximum Gasteiger partial charge on any atom is 0.276 e. The summed E-state index contributed by atoms with van der Waals surface area (Å²) in [4.78, 5) is 14.0. The van der Waals surface area contributed by atoms with E-state index in [0.29, 0.717) is 18.0 Å². The van der Waals surface area contributed by atoms with Crippen molar-refractivity contribution in [2.45, 2.75) is 32.7 Å². The number of amides is 1. The molecule has 0 unspecified atom stereocenters. The van der Waals surface area contributed by atoms with Crippen molar-refractivity contribution in [3.63, 3.8) is 0 Å². The molecule has 1 amide bonds. The zero-order valence-corrected chi connectivity index (χ0v) is 9.53. The molecule has 0 atom stereocenters. The highest BCUT2D eigenvalue weighted by Crippen LogP contribution is 2.17. The number of hydrogen-bond acceptors (Lipinski definition) is 4. The van der Waals surface area contributed by atoms with Crippen LogP contribution in [0.1, 0.15) is 41.1 Å². The summed E-state index contributed by atoms with van der Waals surface area (Å²) in [6.45, 7) is 3.70. The maximum atomic E-state index is 12.1. The molecule has 2 N–H and O–H groups in total. The quantitative estimate of drug-likeness (QED) is 0.814. The summed E-state index contributed by atoms with van der Waals surface area (Å²) in [6, 6.07) is 0. The summed E-state index contributed by atoms with van der Waals surface area (Å²) in [7, 11) is 0. The lowest BCUT2D eigenvalue weighted by Gasteiger charge is -2.25. The van der Waals surface area contributed by atoms with E-state index in [0.717, 1.165) is 31.5 Å². The molecule has 1 aromatic rings. The molecule has 0 radical (unpaired) electrons. The van der Waals surface area contributed by atoms with Crippen LogP contribution in [0.5, 0.6) is 0 Å². The molecule has 2 rings (SSSR count). The third-order valence-electron chi connectivity index (χ3n) is 3.03. The second-order valence-corrected chi connectivity index (χ2v) is 4.12. The van der Waals surface area contributed by atoms with Crippen LogP contribution in [0.15, 0.2) is 4.52 Å². The second-order valence-electron chi connectivity index (χ2n) is 4.12. The normalized spacial score (nSPS) is 16.5. The summed E-state index contributed by atoms with van der Waals surface area (Å²) >= 11 is 0. The number of hydrogen-bond donors (Lipinski definition) is 1. The van der Waals surface area contributed by atoms with Crippen LogP contribution >= 0.6 is 0 Å². The standard InChI is InChI=1S/C11H17N3O2/c1-8-9(7-12)10(13-16-8)11(15)14-5-3-2-4-6-14/h2-7,12H2,1H3. The molecule has 1 fully saturated rings. The Bertz CT molecular complexity index is 381. The summed E-state index contributed by atoms with van der Waals surface area (Å²) in [5, 5.41) is 3.82. The molecular formula is C11H17N3O2. The molecule has 5 nitrogen and oxygen atoms in total. The van der Waals surface area contributed by atoms with Crippen molar-refractivity contribution in [3.05, 3.63) is 17.0 Å². The Balaban J connectivity index is 2.19. The zero-order valence-electron chi connectivity index (χ0n) is 9.53. The van der Waals surface area contributed by atoms with E-state index in [9.17, 15) is 4.79 Å². The molecule has 88 valence electrons. The molecule has 0 saturated carbocycles. The molecular weight excluding hydrogens is 206 g/mol. The Labute approximate surface area is 94.6 Å². The second kappa shape index (κ2) is 4.65. The number of piperidine rings is 1.